The van der Waals surface area contributed by atoms with Crippen LogP contribution in [-0.4, -0.2) is 17.3 Å². The van der Waals surface area contributed by atoms with Crippen molar-refractivity contribution in [1.82, 2.24) is 4.67 Å². The molecule has 0 amide bonds. The first kappa shape index (κ1) is 14.8. The summed E-state index contributed by atoms with van der Waals surface area (Å²) in [6, 6.07) is 20.1. The molecule has 0 unspecified atom stereocenters. The minimum Gasteiger partial charge on any atom is -0.304 e. The van der Waals surface area contributed by atoms with Crippen molar-refractivity contribution in [3.63, 3.8) is 0 Å². The average Bonchev–Trinajstić information content (AvgIpc) is 2.77. The van der Waals surface area contributed by atoms with Gasteiger partial charge in [0.05, 0.1) is 6.61 Å². The van der Waals surface area contributed by atoms with Crippen molar-refractivity contribution in [2.75, 3.05) is 6.61 Å². The van der Waals surface area contributed by atoms with Gasteiger partial charge in [-0.15, -0.1) is 0 Å². The summed E-state index contributed by atoms with van der Waals surface area (Å²) in [4.78, 5) is 0. The summed E-state index contributed by atoms with van der Waals surface area (Å²) in [5, 5.41) is 0. The molecule has 2 aromatic rings. The first-order valence-corrected chi connectivity index (χ1v) is 9.42. The molecule has 1 aliphatic heterocycles. The first-order valence-electron chi connectivity index (χ1n) is 6.94. The van der Waals surface area contributed by atoms with Gasteiger partial charge in [-0.25, -0.2) is 4.67 Å². The fourth-order valence-electron chi connectivity index (χ4n) is 2.57. The molecule has 0 N–H and O–H groups in total. The van der Waals surface area contributed by atoms with Crippen LogP contribution in [0.2, 0.25) is 0 Å². The van der Waals surface area contributed by atoms with E-state index in [0.29, 0.717) is 13.2 Å². The molecule has 3 nitrogen and oxygen atoms in total. The van der Waals surface area contributed by atoms with Gasteiger partial charge in [0.2, 0.25) is 0 Å². The van der Waals surface area contributed by atoms with Gasteiger partial charge < -0.3 is 4.52 Å². The predicted molar refractivity (Wildman–Crippen MR) is 85.3 cm³/mol. The summed E-state index contributed by atoms with van der Waals surface area (Å²) in [5.41, 5.74) is 2.28. The third-order valence-electron chi connectivity index (χ3n) is 3.66. The van der Waals surface area contributed by atoms with E-state index in [1.807, 2.05) is 48.5 Å². The van der Waals surface area contributed by atoms with Crippen LogP contribution in [-0.2, 0) is 22.1 Å². The lowest BCUT2D eigenvalue weighted by atomic mass is 10.1. The van der Waals surface area contributed by atoms with Crippen molar-refractivity contribution in [1.29, 1.82) is 0 Å². The topological polar surface area (TPSA) is 29.5 Å². The van der Waals surface area contributed by atoms with Gasteiger partial charge in [0.25, 0.3) is 0 Å². The number of rotatable bonds is 4. The first-order chi connectivity index (χ1) is 10.1. The van der Waals surface area contributed by atoms with E-state index in [9.17, 15) is 4.57 Å². The van der Waals surface area contributed by atoms with Gasteiger partial charge in [0.1, 0.15) is 0 Å². The molecule has 0 aromatic heterocycles. The maximum atomic E-state index is 12.4. The van der Waals surface area contributed by atoms with Crippen molar-refractivity contribution in [2.45, 2.75) is 19.0 Å². The summed E-state index contributed by atoms with van der Waals surface area (Å²) in [5.74, 6) is 0. The Morgan fingerprint density at radius 1 is 1.05 bits per heavy atom. The Labute approximate surface area is 129 Å². The van der Waals surface area contributed by atoms with Crippen molar-refractivity contribution in [3.05, 3.63) is 71.8 Å². The van der Waals surface area contributed by atoms with Gasteiger partial charge in [0, 0.05) is 12.6 Å². The zero-order valence-corrected chi connectivity index (χ0v) is 13.2. The Morgan fingerprint density at radius 2 is 1.62 bits per heavy atom. The van der Waals surface area contributed by atoms with Crippen LogP contribution in [0.15, 0.2) is 60.7 Å². The molecule has 2 atom stereocenters. The van der Waals surface area contributed by atoms with Crippen LogP contribution in [0.1, 0.15) is 11.1 Å². The Bertz CT molecular complexity index is 635. The standard InChI is InChI=1S/C16H17ClNO2P/c17-21(19)18(12-15-9-5-2-6-10-15)16(13-20-21)11-14-7-3-1-4-8-14/h1-10,16H,11-13H2/t16-,21+/m1/s1. The number of benzene rings is 2. The molecule has 1 heterocycles. The number of nitrogens with zero attached hydrogens (tertiary/aromatic N) is 1. The third kappa shape index (κ3) is 3.56. The van der Waals surface area contributed by atoms with Crippen LogP contribution in [0.5, 0.6) is 0 Å². The molecular weight excluding hydrogens is 305 g/mol. The van der Waals surface area contributed by atoms with Gasteiger partial charge in [0.15, 0.2) is 0 Å². The van der Waals surface area contributed by atoms with Crippen LogP contribution in [0, 0.1) is 0 Å². The van der Waals surface area contributed by atoms with Gasteiger partial charge >= 0.3 is 6.87 Å². The van der Waals surface area contributed by atoms with Crippen LogP contribution < -0.4 is 0 Å². The average molecular weight is 322 g/mol. The summed E-state index contributed by atoms with van der Waals surface area (Å²) in [6.07, 6.45) is 0.782. The van der Waals surface area contributed by atoms with Crippen molar-refractivity contribution < 1.29 is 9.09 Å². The Hall–Kier alpha value is -1.12. The van der Waals surface area contributed by atoms with Gasteiger partial charge in [-0.3, -0.25) is 4.57 Å². The fourth-order valence-corrected chi connectivity index (χ4v) is 4.64. The van der Waals surface area contributed by atoms with E-state index in [2.05, 4.69) is 12.1 Å². The zero-order chi connectivity index (χ0) is 14.7. The zero-order valence-electron chi connectivity index (χ0n) is 11.6. The van der Waals surface area contributed by atoms with E-state index >= 15 is 0 Å². The second-order valence-electron chi connectivity index (χ2n) is 5.17. The van der Waals surface area contributed by atoms with E-state index in [1.54, 1.807) is 4.67 Å². The normalized spacial score (nSPS) is 26.0. The second-order valence-corrected chi connectivity index (χ2v) is 8.13. The Balaban J connectivity index is 1.78. The number of hydrogen-bond acceptors (Lipinski definition) is 2. The quantitative estimate of drug-likeness (QED) is 0.778. The summed E-state index contributed by atoms with van der Waals surface area (Å²) >= 11 is 6.10. The minimum atomic E-state index is -3.21. The molecule has 0 aliphatic carbocycles. The highest BCUT2D eigenvalue weighted by molar-refractivity contribution is 7.83. The highest BCUT2D eigenvalue weighted by Gasteiger charge is 2.42. The molecule has 1 fully saturated rings. The van der Waals surface area contributed by atoms with Gasteiger partial charge in [-0.05, 0) is 28.8 Å². The van der Waals surface area contributed by atoms with E-state index < -0.39 is 6.87 Å². The summed E-state index contributed by atoms with van der Waals surface area (Å²) in [6.45, 7) is -2.26. The molecule has 2 aromatic carbocycles. The van der Waals surface area contributed by atoms with Crippen molar-refractivity contribution in [2.24, 2.45) is 0 Å². The maximum Gasteiger partial charge on any atom is 0.363 e. The number of halogens is 1. The molecule has 0 saturated carbocycles. The monoisotopic (exact) mass is 321 g/mol. The molecule has 0 radical (unpaired) electrons. The maximum absolute atomic E-state index is 12.4. The molecule has 0 spiro atoms. The highest BCUT2D eigenvalue weighted by atomic mass is 35.7. The van der Waals surface area contributed by atoms with E-state index in [4.69, 9.17) is 15.8 Å². The highest BCUT2D eigenvalue weighted by Crippen LogP contribution is 2.61. The summed E-state index contributed by atoms with van der Waals surface area (Å²) < 4.78 is 19.6. The van der Waals surface area contributed by atoms with Crippen molar-refractivity contribution in [3.8, 4) is 0 Å². The summed E-state index contributed by atoms with van der Waals surface area (Å²) in [7, 11) is 0. The van der Waals surface area contributed by atoms with Gasteiger partial charge in [-0.1, -0.05) is 60.7 Å². The lowest BCUT2D eigenvalue weighted by Crippen LogP contribution is -2.29. The van der Waals surface area contributed by atoms with Crippen LogP contribution in [0.3, 0.4) is 0 Å². The largest absolute Gasteiger partial charge is 0.363 e. The van der Waals surface area contributed by atoms with Crippen molar-refractivity contribution >= 4 is 18.1 Å². The van der Waals surface area contributed by atoms with Crippen LogP contribution >= 0.6 is 18.1 Å². The minimum absolute atomic E-state index is 0.0379. The molecule has 5 heteroatoms. The third-order valence-corrected chi connectivity index (χ3v) is 6.08. The van der Waals surface area contributed by atoms with Crippen LogP contribution in [0.25, 0.3) is 0 Å². The lowest BCUT2D eigenvalue weighted by Gasteiger charge is -2.24. The molecule has 0 bridgehead atoms. The molecule has 1 saturated heterocycles. The second kappa shape index (κ2) is 6.33. The van der Waals surface area contributed by atoms with Gasteiger partial charge in [-0.2, -0.15) is 0 Å². The Kier molecular flexibility index (Phi) is 4.46. The van der Waals surface area contributed by atoms with E-state index in [-0.39, 0.29) is 6.04 Å². The molecule has 1 aliphatic rings. The smallest absolute Gasteiger partial charge is 0.304 e. The molecule has 3 rings (SSSR count). The fraction of sp³-hybridized carbons (Fsp3) is 0.250. The van der Waals surface area contributed by atoms with E-state index in [1.165, 1.54) is 5.56 Å². The van der Waals surface area contributed by atoms with Crippen LogP contribution in [0.4, 0.5) is 0 Å². The lowest BCUT2D eigenvalue weighted by molar-refractivity contribution is 0.305. The molecular formula is C16H17ClNO2P. The number of hydrogen-bond donors (Lipinski definition) is 0. The SMILES string of the molecule is O=[P@@]1(Cl)OC[C@@H](Cc2ccccc2)N1Cc1ccccc1. The van der Waals surface area contributed by atoms with E-state index in [0.717, 1.165) is 12.0 Å². The predicted octanol–water partition coefficient (Wildman–Crippen LogP) is 4.48. The molecule has 110 valence electrons. The molecule has 21 heavy (non-hydrogen) atoms. The Morgan fingerprint density at radius 3 is 2.24 bits per heavy atom.